The van der Waals surface area contributed by atoms with Crippen molar-refractivity contribution in [2.75, 3.05) is 0 Å². The summed E-state index contributed by atoms with van der Waals surface area (Å²) in [7, 11) is 0. The van der Waals surface area contributed by atoms with Crippen molar-refractivity contribution in [3.05, 3.63) is 94.3 Å². The molecule has 102 valence electrons. The van der Waals surface area contributed by atoms with Gasteiger partial charge in [-0.2, -0.15) is 0 Å². The first-order valence-corrected chi connectivity index (χ1v) is 7.96. The summed E-state index contributed by atoms with van der Waals surface area (Å²) in [6.07, 6.45) is 2.15. The molecule has 2 aromatic carbocycles. The molecule has 1 N–H and O–H groups in total. The van der Waals surface area contributed by atoms with Crippen LogP contribution in [0.15, 0.2) is 78.3 Å². The minimum atomic E-state index is 0.294. The van der Waals surface area contributed by atoms with Gasteiger partial charge in [0.2, 0.25) is 0 Å². The highest BCUT2D eigenvalue weighted by Crippen LogP contribution is 2.37. The molecule has 2 aromatic heterocycles. The van der Waals surface area contributed by atoms with Gasteiger partial charge in [0, 0.05) is 27.9 Å². The first kappa shape index (κ1) is 12.4. The molecule has 4 rings (SSSR count). The number of thiophene rings is 1. The van der Waals surface area contributed by atoms with E-state index in [0.29, 0.717) is 5.92 Å². The normalized spacial score (nSPS) is 12.6. The van der Waals surface area contributed by atoms with Gasteiger partial charge >= 0.3 is 0 Å². The van der Waals surface area contributed by atoms with Crippen molar-refractivity contribution in [2.24, 2.45) is 0 Å². The fourth-order valence-electron chi connectivity index (χ4n) is 2.93. The average molecular weight is 289 g/mol. The van der Waals surface area contributed by atoms with Gasteiger partial charge in [-0.3, -0.25) is 0 Å². The first-order chi connectivity index (χ1) is 10.4. The molecule has 0 spiro atoms. The number of fused-ring (bicyclic) bond motifs is 1. The minimum absolute atomic E-state index is 0.294. The van der Waals surface area contributed by atoms with Gasteiger partial charge in [0.15, 0.2) is 0 Å². The molecule has 0 saturated carbocycles. The second-order valence-corrected chi connectivity index (χ2v) is 6.13. The molecule has 4 aromatic rings. The van der Waals surface area contributed by atoms with Gasteiger partial charge in [-0.15, -0.1) is 11.3 Å². The van der Waals surface area contributed by atoms with Crippen molar-refractivity contribution in [3.8, 4) is 0 Å². The Morgan fingerprint density at radius 2 is 1.62 bits per heavy atom. The van der Waals surface area contributed by atoms with Crippen LogP contribution >= 0.6 is 11.3 Å². The largest absolute Gasteiger partial charge is 0.361 e. The third-order valence-corrected chi connectivity index (χ3v) is 4.83. The summed E-state index contributed by atoms with van der Waals surface area (Å²) in [5.74, 6) is 0.294. The zero-order chi connectivity index (χ0) is 14.1. The molecule has 0 bridgehead atoms. The van der Waals surface area contributed by atoms with Crippen molar-refractivity contribution in [3.63, 3.8) is 0 Å². The Morgan fingerprint density at radius 3 is 2.43 bits per heavy atom. The lowest BCUT2D eigenvalue weighted by Gasteiger charge is -2.15. The molecular formula is C19H15NS. The number of nitrogens with one attached hydrogen (secondary N) is 1. The standard InChI is InChI=1S/C19H15NS/c1-2-7-14(8-3-1)19(18-11-6-12-21-18)16-13-20-17-10-5-4-9-15(16)17/h1-13,19-20H/t19-/m0/s1. The monoisotopic (exact) mass is 289 g/mol. The Morgan fingerprint density at radius 1 is 0.810 bits per heavy atom. The van der Waals surface area contributed by atoms with E-state index >= 15 is 0 Å². The van der Waals surface area contributed by atoms with E-state index in [0.717, 1.165) is 0 Å². The highest BCUT2D eigenvalue weighted by molar-refractivity contribution is 7.10. The molecule has 2 heterocycles. The Labute approximate surface area is 127 Å². The van der Waals surface area contributed by atoms with Crippen LogP contribution in [-0.2, 0) is 0 Å². The highest BCUT2D eigenvalue weighted by atomic mass is 32.1. The molecule has 0 saturated heterocycles. The van der Waals surface area contributed by atoms with E-state index in [1.807, 2.05) is 11.3 Å². The summed E-state index contributed by atoms with van der Waals surface area (Å²) in [5, 5.41) is 3.46. The maximum atomic E-state index is 3.40. The second-order valence-electron chi connectivity index (χ2n) is 5.15. The first-order valence-electron chi connectivity index (χ1n) is 7.08. The summed E-state index contributed by atoms with van der Waals surface area (Å²) < 4.78 is 0. The zero-order valence-electron chi connectivity index (χ0n) is 11.5. The fraction of sp³-hybridized carbons (Fsp3) is 0.0526. The van der Waals surface area contributed by atoms with Crippen LogP contribution in [0.25, 0.3) is 10.9 Å². The van der Waals surface area contributed by atoms with Gasteiger partial charge in [-0.05, 0) is 28.6 Å². The maximum absolute atomic E-state index is 3.40. The van der Waals surface area contributed by atoms with Crippen molar-refractivity contribution in [1.29, 1.82) is 0 Å². The third kappa shape index (κ3) is 2.18. The van der Waals surface area contributed by atoms with Crippen LogP contribution in [0.4, 0.5) is 0 Å². The van der Waals surface area contributed by atoms with Crippen LogP contribution < -0.4 is 0 Å². The number of aromatic amines is 1. The van der Waals surface area contributed by atoms with Crippen molar-refractivity contribution >= 4 is 22.2 Å². The topological polar surface area (TPSA) is 15.8 Å². The number of aromatic nitrogens is 1. The Balaban J connectivity index is 1.95. The molecule has 0 aliphatic rings. The van der Waals surface area contributed by atoms with Gasteiger partial charge in [0.05, 0.1) is 0 Å². The van der Waals surface area contributed by atoms with Crippen molar-refractivity contribution < 1.29 is 0 Å². The molecule has 0 unspecified atom stereocenters. The summed E-state index contributed by atoms with van der Waals surface area (Å²) in [5.41, 5.74) is 3.88. The van der Waals surface area contributed by atoms with Crippen molar-refractivity contribution in [1.82, 2.24) is 4.98 Å². The number of H-pyrrole nitrogens is 1. The van der Waals surface area contributed by atoms with Crippen LogP contribution in [0.3, 0.4) is 0 Å². The molecule has 1 nitrogen and oxygen atoms in total. The van der Waals surface area contributed by atoms with Gasteiger partial charge in [-0.1, -0.05) is 54.6 Å². The molecular weight excluding hydrogens is 274 g/mol. The number of hydrogen-bond acceptors (Lipinski definition) is 1. The predicted molar refractivity (Wildman–Crippen MR) is 90.0 cm³/mol. The molecule has 0 amide bonds. The zero-order valence-corrected chi connectivity index (χ0v) is 12.3. The number of benzene rings is 2. The third-order valence-electron chi connectivity index (χ3n) is 3.89. The molecule has 0 radical (unpaired) electrons. The lowest BCUT2D eigenvalue weighted by atomic mass is 9.90. The molecule has 1 atom stereocenters. The lowest BCUT2D eigenvalue weighted by Crippen LogP contribution is -2.00. The predicted octanol–water partition coefficient (Wildman–Crippen LogP) is 5.41. The van der Waals surface area contributed by atoms with E-state index in [1.54, 1.807) is 0 Å². The Bertz CT molecular complexity index is 844. The van der Waals surface area contributed by atoms with Crippen LogP contribution in [0, 0.1) is 0 Å². The number of hydrogen-bond donors (Lipinski definition) is 1. The van der Waals surface area contributed by atoms with E-state index in [2.05, 4.69) is 83.3 Å². The number of para-hydroxylation sites is 1. The van der Waals surface area contributed by atoms with Crippen LogP contribution in [0.1, 0.15) is 21.9 Å². The van der Waals surface area contributed by atoms with E-state index in [9.17, 15) is 0 Å². The highest BCUT2D eigenvalue weighted by Gasteiger charge is 2.20. The van der Waals surface area contributed by atoms with Crippen LogP contribution in [0.5, 0.6) is 0 Å². The maximum Gasteiger partial charge on any atom is 0.0457 e. The second kappa shape index (κ2) is 5.23. The molecule has 0 aliphatic carbocycles. The molecule has 2 heteroatoms. The smallest absolute Gasteiger partial charge is 0.0457 e. The Hall–Kier alpha value is -2.32. The summed E-state index contributed by atoms with van der Waals surface area (Å²) in [4.78, 5) is 4.79. The van der Waals surface area contributed by atoms with Crippen LogP contribution in [-0.4, -0.2) is 4.98 Å². The van der Waals surface area contributed by atoms with E-state index < -0.39 is 0 Å². The van der Waals surface area contributed by atoms with Crippen molar-refractivity contribution in [2.45, 2.75) is 5.92 Å². The van der Waals surface area contributed by atoms with Gasteiger partial charge < -0.3 is 4.98 Å². The Kier molecular flexibility index (Phi) is 3.09. The minimum Gasteiger partial charge on any atom is -0.361 e. The summed E-state index contributed by atoms with van der Waals surface area (Å²) in [6, 6.07) is 23.6. The molecule has 0 aliphatic heterocycles. The SMILES string of the molecule is c1ccc([C@H](c2cccs2)c2c[nH]c3ccccc23)cc1. The molecule has 0 fully saturated rings. The summed E-state index contributed by atoms with van der Waals surface area (Å²) in [6.45, 7) is 0. The quantitative estimate of drug-likeness (QED) is 0.519. The van der Waals surface area contributed by atoms with E-state index in [1.165, 1.54) is 26.9 Å². The summed E-state index contributed by atoms with van der Waals surface area (Å²) >= 11 is 1.82. The average Bonchev–Trinajstić information content (AvgIpc) is 3.20. The van der Waals surface area contributed by atoms with Gasteiger partial charge in [0.1, 0.15) is 0 Å². The molecule has 21 heavy (non-hydrogen) atoms. The van der Waals surface area contributed by atoms with Gasteiger partial charge in [-0.25, -0.2) is 0 Å². The van der Waals surface area contributed by atoms with Crippen LogP contribution in [0.2, 0.25) is 0 Å². The number of rotatable bonds is 3. The van der Waals surface area contributed by atoms with E-state index in [4.69, 9.17) is 0 Å². The van der Waals surface area contributed by atoms with E-state index in [-0.39, 0.29) is 0 Å². The van der Waals surface area contributed by atoms with Gasteiger partial charge in [0.25, 0.3) is 0 Å². The fourth-order valence-corrected chi connectivity index (χ4v) is 3.80. The lowest BCUT2D eigenvalue weighted by molar-refractivity contribution is 1.02.